The van der Waals surface area contributed by atoms with E-state index < -0.39 is 0 Å². The molecule has 4 nitrogen and oxygen atoms in total. The molecule has 1 aliphatic heterocycles. The second kappa shape index (κ2) is 6.48. The number of carbonyl (C=O) groups excluding carboxylic acids is 1. The van der Waals surface area contributed by atoms with E-state index in [0.29, 0.717) is 5.56 Å². The maximum absolute atomic E-state index is 12.3. The number of aromatic nitrogens is 1. The normalized spacial score (nSPS) is 14.2. The molecule has 0 aliphatic carbocycles. The average Bonchev–Trinajstić information content (AvgIpc) is 3.05. The van der Waals surface area contributed by atoms with Crippen LogP contribution in [0.15, 0.2) is 41.0 Å². The number of carbonyl (C=O) groups is 1. The van der Waals surface area contributed by atoms with Gasteiger partial charge in [-0.05, 0) is 49.6 Å². The van der Waals surface area contributed by atoms with Crippen LogP contribution in [0, 0.1) is 6.92 Å². The summed E-state index contributed by atoms with van der Waals surface area (Å²) in [5.74, 6) is 0.809. The van der Waals surface area contributed by atoms with Crippen molar-refractivity contribution in [2.75, 3.05) is 23.3 Å². The Morgan fingerprint density at radius 3 is 2.64 bits per heavy atom. The fraction of sp³-hybridized carbons (Fsp3) is 0.294. The quantitative estimate of drug-likeness (QED) is 0.900. The van der Waals surface area contributed by atoms with Gasteiger partial charge in [0.1, 0.15) is 5.82 Å². The van der Waals surface area contributed by atoms with Crippen LogP contribution < -0.4 is 10.2 Å². The van der Waals surface area contributed by atoms with Gasteiger partial charge < -0.3 is 10.2 Å². The summed E-state index contributed by atoms with van der Waals surface area (Å²) in [6.45, 7) is 4.11. The van der Waals surface area contributed by atoms with Crippen LogP contribution in [0.25, 0.3) is 0 Å². The number of rotatable bonds is 3. The summed E-state index contributed by atoms with van der Waals surface area (Å²) >= 11 is 3.47. The summed E-state index contributed by atoms with van der Waals surface area (Å²) in [6.07, 6.45) is 4.07. The highest BCUT2D eigenvalue weighted by atomic mass is 79.9. The summed E-state index contributed by atoms with van der Waals surface area (Å²) in [4.78, 5) is 18.9. The van der Waals surface area contributed by atoms with Crippen molar-refractivity contribution in [1.82, 2.24) is 4.98 Å². The molecule has 1 saturated heterocycles. The number of benzene rings is 1. The molecular formula is C17H18BrN3O. The third-order valence-electron chi connectivity index (χ3n) is 3.87. The molecule has 2 aromatic rings. The van der Waals surface area contributed by atoms with Crippen LogP contribution in [-0.4, -0.2) is 24.0 Å². The lowest BCUT2D eigenvalue weighted by Crippen LogP contribution is -2.19. The van der Waals surface area contributed by atoms with Crippen molar-refractivity contribution in [3.63, 3.8) is 0 Å². The van der Waals surface area contributed by atoms with Gasteiger partial charge in [0.15, 0.2) is 0 Å². The Morgan fingerprint density at radius 1 is 1.23 bits per heavy atom. The Morgan fingerprint density at radius 2 is 2.00 bits per heavy atom. The van der Waals surface area contributed by atoms with E-state index in [1.54, 1.807) is 6.20 Å². The van der Waals surface area contributed by atoms with Gasteiger partial charge in [0.25, 0.3) is 5.91 Å². The molecule has 0 atom stereocenters. The van der Waals surface area contributed by atoms with E-state index in [9.17, 15) is 4.79 Å². The number of aryl methyl sites for hydroxylation is 1. The van der Waals surface area contributed by atoms with Crippen LogP contribution in [0.3, 0.4) is 0 Å². The molecule has 0 saturated carbocycles. The highest BCUT2D eigenvalue weighted by molar-refractivity contribution is 9.10. The van der Waals surface area contributed by atoms with Crippen LogP contribution in [-0.2, 0) is 0 Å². The predicted molar refractivity (Wildman–Crippen MR) is 92.5 cm³/mol. The SMILES string of the molecule is Cc1ccc(NC(=O)c2ccc(N3CCCC3)nc2)cc1Br. The second-order valence-corrected chi connectivity index (χ2v) is 6.37. The molecule has 22 heavy (non-hydrogen) atoms. The van der Waals surface area contributed by atoms with Gasteiger partial charge in [-0.3, -0.25) is 4.79 Å². The van der Waals surface area contributed by atoms with Crippen molar-refractivity contribution >= 4 is 33.3 Å². The minimum atomic E-state index is -0.142. The first-order valence-electron chi connectivity index (χ1n) is 7.42. The second-order valence-electron chi connectivity index (χ2n) is 5.52. The number of nitrogens with zero attached hydrogens (tertiary/aromatic N) is 2. The minimum absolute atomic E-state index is 0.142. The molecule has 0 unspecified atom stereocenters. The fourth-order valence-electron chi connectivity index (χ4n) is 2.53. The lowest BCUT2D eigenvalue weighted by molar-refractivity contribution is 0.102. The van der Waals surface area contributed by atoms with Crippen molar-refractivity contribution in [2.24, 2.45) is 0 Å². The van der Waals surface area contributed by atoms with Gasteiger partial charge in [0.05, 0.1) is 5.56 Å². The van der Waals surface area contributed by atoms with Crippen molar-refractivity contribution in [2.45, 2.75) is 19.8 Å². The maximum Gasteiger partial charge on any atom is 0.257 e. The number of halogens is 1. The number of pyridine rings is 1. The number of anilines is 2. The van der Waals surface area contributed by atoms with E-state index in [0.717, 1.165) is 34.6 Å². The average molecular weight is 360 g/mol. The molecule has 2 heterocycles. The topological polar surface area (TPSA) is 45.2 Å². The summed E-state index contributed by atoms with van der Waals surface area (Å²) in [5.41, 5.74) is 2.47. The Kier molecular flexibility index (Phi) is 4.43. The summed E-state index contributed by atoms with van der Waals surface area (Å²) in [5, 5.41) is 2.89. The predicted octanol–water partition coefficient (Wildman–Crippen LogP) is 4.01. The Bertz CT molecular complexity index is 679. The first-order valence-corrected chi connectivity index (χ1v) is 8.21. The van der Waals surface area contributed by atoms with E-state index >= 15 is 0 Å². The largest absolute Gasteiger partial charge is 0.357 e. The highest BCUT2D eigenvalue weighted by Gasteiger charge is 2.14. The van der Waals surface area contributed by atoms with E-state index in [1.807, 2.05) is 37.3 Å². The van der Waals surface area contributed by atoms with Crippen molar-refractivity contribution < 1.29 is 4.79 Å². The molecule has 114 valence electrons. The van der Waals surface area contributed by atoms with Crippen LogP contribution in [0.5, 0.6) is 0 Å². The first kappa shape index (κ1) is 15.0. The zero-order chi connectivity index (χ0) is 15.5. The summed E-state index contributed by atoms with van der Waals surface area (Å²) in [6, 6.07) is 9.52. The number of nitrogens with one attached hydrogen (secondary N) is 1. The van der Waals surface area contributed by atoms with Crippen molar-refractivity contribution in [3.05, 3.63) is 52.1 Å². The molecule has 1 N–H and O–H groups in total. The third kappa shape index (κ3) is 3.30. The lowest BCUT2D eigenvalue weighted by Gasteiger charge is -2.16. The molecule has 0 spiro atoms. The monoisotopic (exact) mass is 359 g/mol. The fourth-order valence-corrected chi connectivity index (χ4v) is 2.91. The van der Waals surface area contributed by atoms with E-state index in [1.165, 1.54) is 12.8 Å². The third-order valence-corrected chi connectivity index (χ3v) is 4.72. The minimum Gasteiger partial charge on any atom is -0.357 e. The zero-order valence-corrected chi connectivity index (χ0v) is 14.1. The van der Waals surface area contributed by atoms with E-state index in [-0.39, 0.29) is 5.91 Å². The molecule has 1 aromatic heterocycles. The molecule has 1 fully saturated rings. The molecule has 1 aromatic carbocycles. The number of hydrogen-bond acceptors (Lipinski definition) is 3. The van der Waals surface area contributed by atoms with E-state index in [4.69, 9.17) is 0 Å². The molecule has 1 aliphatic rings. The van der Waals surface area contributed by atoms with Crippen LogP contribution >= 0.6 is 15.9 Å². The Hall–Kier alpha value is -1.88. The van der Waals surface area contributed by atoms with Crippen molar-refractivity contribution in [3.8, 4) is 0 Å². The molecule has 0 radical (unpaired) electrons. The number of hydrogen-bond donors (Lipinski definition) is 1. The highest BCUT2D eigenvalue weighted by Crippen LogP contribution is 2.22. The molecular weight excluding hydrogens is 342 g/mol. The first-order chi connectivity index (χ1) is 10.6. The maximum atomic E-state index is 12.3. The van der Waals surface area contributed by atoms with Gasteiger partial charge in [0, 0.05) is 29.4 Å². The summed E-state index contributed by atoms with van der Waals surface area (Å²) < 4.78 is 0.979. The molecule has 0 bridgehead atoms. The van der Waals surface area contributed by atoms with Gasteiger partial charge in [0.2, 0.25) is 0 Å². The van der Waals surface area contributed by atoms with Gasteiger partial charge in [-0.25, -0.2) is 4.98 Å². The van der Waals surface area contributed by atoms with Gasteiger partial charge in [-0.1, -0.05) is 22.0 Å². The number of amides is 1. The van der Waals surface area contributed by atoms with E-state index in [2.05, 4.69) is 31.1 Å². The Labute approximate surface area is 138 Å². The molecule has 1 amide bonds. The van der Waals surface area contributed by atoms with Crippen LogP contribution in [0.1, 0.15) is 28.8 Å². The zero-order valence-electron chi connectivity index (χ0n) is 12.5. The lowest BCUT2D eigenvalue weighted by atomic mass is 10.2. The van der Waals surface area contributed by atoms with Crippen LogP contribution in [0.2, 0.25) is 0 Å². The van der Waals surface area contributed by atoms with Gasteiger partial charge >= 0.3 is 0 Å². The van der Waals surface area contributed by atoms with Gasteiger partial charge in [-0.15, -0.1) is 0 Å². The van der Waals surface area contributed by atoms with Crippen molar-refractivity contribution in [1.29, 1.82) is 0 Å². The smallest absolute Gasteiger partial charge is 0.257 e. The van der Waals surface area contributed by atoms with Crippen LogP contribution in [0.4, 0.5) is 11.5 Å². The molecule has 3 rings (SSSR count). The Balaban J connectivity index is 1.70. The molecule has 5 heteroatoms. The standard InChI is InChI=1S/C17H18BrN3O/c1-12-4-6-14(10-15(12)18)20-17(22)13-5-7-16(19-11-13)21-8-2-3-9-21/h4-7,10-11H,2-3,8-9H2,1H3,(H,20,22). The van der Waals surface area contributed by atoms with Gasteiger partial charge in [-0.2, -0.15) is 0 Å². The summed E-state index contributed by atoms with van der Waals surface area (Å²) in [7, 11) is 0.